The monoisotopic (exact) mass is 637 g/mol. The predicted octanol–water partition coefficient (Wildman–Crippen LogP) is 9.09. The first kappa shape index (κ1) is 28.5. The van der Waals surface area contributed by atoms with E-state index in [1.807, 2.05) is 6.07 Å². The van der Waals surface area contributed by atoms with Gasteiger partial charge in [0.25, 0.3) is 0 Å². The number of fused-ring (bicyclic) bond motifs is 4. The van der Waals surface area contributed by atoms with Crippen molar-refractivity contribution in [3.63, 3.8) is 0 Å². The molecule has 1 aromatic carbocycles. The minimum atomic E-state index is -0.393. The lowest BCUT2D eigenvalue weighted by Gasteiger charge is -2.52. The van der Waals surface area contributed by atoms with Gasteiger partial charge < -0.3 is 18.7 Å². The van der Waals surface area contributed by atoms with Crippen LogP contribution < -0.4 is 9.47 Å². The van der Waals surface area contributed by atoms with Gasteiger partial charge in [0.2, 0.25) is 0 Å². The van der Waals surface area contributed by atoms with E-state index >= 15 is 4.39 Å². The van der Waals surface area contributed by atoms with Crippen molar-refractivity contribution in [1.82, 2.24) is 15.1 Å². The molecule has 0 N–H and O–H groups in total. The molecule has 3 aromatic heterocycles. The number of nitrogens with zero attached hydrogens (tertiary/aromatic N) is 3. The lowest BCUT2D eigenvalue weighted by atomic mass is 9.59. The molecule has 0 saturated heterocycles. The van der Waals surface area contributed by atoms with Crippen molar-refractivity contribution >= 4 is 34.1 Å². The molecule has 5 aliphatic carbocycles. The van der Waals surface area contributed by atoms with Gasteiger partial charge in [-0.1, -0.05) is 28.4 Å². The summed E-state index contributed by atoms with van der Waals surface area (Å²) in [6, 6.07) is 5.06. The van der Waals surface area contributed by atoms with E-state index in [-0.39, 0.29) is 16.8 Å². The van der Waals surface area contributed by atoms with Crippen molar-refractivity contribution in [2.45, 2.75) is 82.3 Å². The standard InChI is InChI=1S/C34H34Cl2FN3O4/c35-24-15-38-16-25(36)30(24)31-23(32(44-40-31)21-3-4-21)18-43-34-9-6-33(7-10-34,8-11-34)19-42-29-13-22-27(14-26(29)37)39-12-5-28(22)41-17-20-1-2-20/h5,12-16,20-21H,1-4,6-11,17-19H2. The third-order valence-electron chi connectivity index (χ3n) is 10.2. The van der Waals surface area contributed by atoms with E-state index in [4.69, 9.17) is 41.9 Å². The van der Waals surface area contributed by atoms with Gasteiger partial charge in [0, 0.05) is 52.5 Å². The number of rotatable bonds is 11. The highest BCUT2D eigenvalue weighted by Gasteiger charge is 2.50. The van der Waals surface area contributed by atoms with E-state index in [0.29, 0.717) is 58.5 Å². The molecule has 0 unspecified atom stereocenters. The van der Waals surface area contributed by atoms with E-state index in [0.717, 1.165) is 73.8 Å². The largest absolute Gasteiger partial charge is 0.493 e. The Bertz CT molecular complexity index is 1680. The Morgan fingerprint density at radius 3 is 2.39 bits per heavy atom. The maximum Gasteiger partial charge on any atom is 0.167 e. The van der Waals surface area contributed by atoms with Gasteiger partial charge in [0.05, 0.1) is 41.0 Å². The van der Waals surface area contributed by atoms with Crippen molar-refractivity contribution in [2.24, 2.45) is 11.3 Å². The molecule has 3 heterocycles. The van der Waals surface area contributed by atoms with E-state index in [1.165, 1.54) is 18.9 Å². The molecule has 9 rings (SSSR count). The highest BCUT2D eigenvalue weighted by Crippen LogP contribution is 2.55. The van der Waals surface area contributed by atoms with Gasteiger partial charge >= 0.3 is 0 Å². The first-order valence-electron chi connectivity index (χ1n) is 15.7. The van der Waals surface area contributed by atoms with Crippen LogP contribution in [0.3, 0.4) is 0 Å². The van der Waals surface area contributed by atoms with E-state index in [1.54, 1.807) is 24.7 Å². The van der Waals surface area contributed by atoms with Crippen molar-refractivity contribution in [1.29, 1.82) is 0 Å². The second-order valence-corrected chi connectivity index (χ2v) is 14.1. The fourth-order valence-electron chi connectivity index (χ4n) is 6.93. The van der Waals surface area contributed by atoms with Crippen LogP contribution in [-0.2, 0) is 11.3 Å². The van der Waals surface area contributed by atoms with Gasteiger partial charge in [-0.2, -0.15) is 0 Å². The second-order valence-electron chi connectivity index (χ2n) is 13.3. The molecule has 4 aromatic rings. The minimum absolute atomic E-state index is 0.00632. The Hall–Kier alpha value is -2.94. The summed E-state index contributed by atoms with van der Waals surface area (Å²) in [6.45, 7) is 1.56. The number of halogens is 3. The molecule has 230 valence electrons. The minimum Gasteiger partial charge on any atom is -0.493 e. The van der Waals surface area contributed by atoms with Crippen molar-refractivity contribution in [3.8, 4) is 22.8 Å². The second kappa shape index (κ2) is 11.1. The average molecular weight is 639 g/mol. The highest BCUT2D eigenvalue weighted by atomic mass is 35.5. The normalized spacial score (nSPS) is 24.6. The van der Waals surface area contributed by atoms with Crippen molar-refractivity contribution < 1.29 is 23.1 Å². The zero-order valence-corrected chi connectivity index (χ0v) is 25.9. The summed E-state index contributed by atoms with van der Waals surface area (Å²) in [5, 5.41) is 6.06. The summed E-state index contributed by atoms with van der Waals surface area (Å²) in [6.07, 6.45) is 15.1. The average Bonchev–Trinajstić information content (AvgIpc) is 3.98. The SMILES string of the molecule is Fc1cc2nccc(OCC3CC3)c2cc1OCC12CCC(OCc3c(-c4c(Cl)cncc4Cl)noc3C3CC3)(CC1)CC2. The molecule has 7 nitrogen and oxygen atoms in total. The van der Waals surface area contributed by atoms with E-state index < -0.39 is 5.82 Å². The smallest absolute Gasteiger partial charge is 0.167 e. The molecule has 0 radical (unpaired) electrons. The summed E-state index contributed by atoms with van der Waals surface area (Å²) >= 11 is 13.0. The van der Waals surface area contributed by atoms with Gasteiger partial charge in [-0.15, -0.1) is 0 Å². The Morgan fingerprint density at radius 1 is 0.932 bits per heavy atom. The van der Waals surface area contributed by atoms with Crippen LogP contribution in [0.4, 0.5) is 4.39 Å². The molecule has 0 spiro atoms. The lowest BCUT2D eigenvalue weighted by molar-refractivity contribution is -0.150. The van der Waals surface area contributed by atoms with Crippen LogP contribution in [-0.4, -0.2) is 33.9 Å². The Morgan fingerprint density at radius 2 is 1.68 bits per heavy atom. The molecule has 5 aliphatic rings. The fraction of sp³-hybridized carbons (Fsp3) is 0.500. The van der Waals surface area contributed by atoms with Gasteiger partial charge in [0.15, 0.2) is 11.6 Å². The molecule has 10 heteroatoms. The molecule has 5 fully saturated rings. The third kappa shape index (κ3) is 5.43. The summed E-state index contributed by atoms with van der Waals surface area (Å²) in [7, 11) is 0. The van der Waals surface area contributed by atoms with Crippen LogP contribution in [0.2, 0.25) is 10.0 Å². The predicted molar refractivity (Wildman–Crippen MR) is 165 cm³/mol. The van der Waals surface area contributed by atoms with Crippen LogP contribution in [0.5, 0.6) is 11.5 Å². The van der Waals surface area contributed by atoms with Crippen LogP contribution in [0, 0.1) is 17.2 Å². The number of pyridine rings is 2. The van der Waals surface area contributed by atoms with Gasteiger partial charge in [-0.3, -0.25) is 9.97 Å². The van der Waals surface area contributed by atoms with E-state index in [9.17, 15) is 0 Å². The molecule has 2 bridgehead atoms. The summed E-state index contributed by atoms with van der Waals surface area (Å²) in [5.41, 5.74) is 2.58. The quantitative estimate of drug-likeness (QED) is 0.162. The molecule has 0 atom stereocenters. The summed E-state index contributed by atoms with van der Waals surface area (Å²) in [4.78, 5) is 8.44. The molecule has 0 amide bonds. The number of benzene rings is 1. The third-order valence-corrected chi connectivity index (χ3v) is 10.7. The summed E-state index contributed by atoms with van der Waals surface area (Å²) in [5.74, 6) is 2.46. The Kier molecular flexibility index (Phi) is 7.22. The Labute approximate surface area is 265 Å². The van der Waals surface area contributed by atoms with E-state index in [2.05, 4.69) is 15.1 Å². The van der Waals surface area contributed by atoms with Crippen LogP contribution in [0.25, 0.3) is 22.2 Å². The van der Waals surface area contributed by atoms with Gasteiger partial charge in [-0.05, 0) is 82.3 Å². The molecular formula is C34H34Cl2FN3O4. The first-order valence-corrected chi connectivity index (χ1v) is 16.4. The van der Waals surface area contributed by atoms with Gasteiger partial charge in [-0.25, -0.2) is 4.39 Å². The molecule has 0 aliphatic heterocycles. The first-order chi connectivity index (χ1) is 21.4. The number of hydrogen-bond donors (Lipinski definition) is 0. The Balaban J connectivity index is 0.947. The number of hydrogen-bond acceptors (Lipinski definition) is 7. The number of ether oxygens (including phenoxy) is 3. The zero-order valence-electron chi connectivity index (χ0n) is 24.4. The maximum atomic E-state index is 15.1. The molecule has 5 saturated carbocycles. The molecular weight excluding hydrogens is 604 g/mol. The topological polar surface area (TPSA) is 79.5 Å². The lowest BCUT2D eigenvalue weighted by Crippen LogP contribution is -2.49. The zero-order chi connectivity index (χ0) is 29.9. The van der Waals surface area contributed by atoms with Crippen LogP contribution >= 0.6 is 23.2 Å². The van der Waals surface area contributed by atoms with Crippen LogP contribution in [0.15, 0.2) is 41.3 Å². The van der Waals surface area contributed by atoms with Crippen molar-refractivity contribution in [3.05, 3.63) is 64.0 Å². The van der Waals surface area contributed by atoms with Gasteiger partial charge in [0.1, 0.15) is 17.2 Å². The highest BCUT2D eigenvalue weighted by molar-refractivity contribution is 6.38. The number of aromatic nitrogens is 3. The molecule has 44 heavy (non-hydrogen) atoms. The van der Waals surface area contributed by atoms with Crippen LogP contribution in [0.1, 0.15) is 81.4 Å². The maximum absolute atomic E-state index is 15.1. The van der Waals surface area contributed by atoms with Crippen molar-refractivity contribution in [2.75, 3.05) is 13.2 Å². The fourth-order valence-corrected chi connectivity index (χ4v) is 7.47. The summed E-state index contributed by atoms with van der Waals surface area (Å²) < 4.78 is 40.0.